The van der Waals surface area contributed by atoms with Gasteiger partial charge in [-0.3, -0.25) is 9.59 Å². The van der Waals surface area contributed by atoms with Gasteiger partial charge in [0.25, 0.3) is 5.91 Å². The number of rotatable bonds is 7. The molecule has 2 amide bonds. The Labute approximate surface area is 158 Å². The molecule has 3 rings (SSSR count). The molecule has 0 unspecified atom stereocenters. The molecule has 142 valence electrons. The van der Waals surface area contributed by atoms with E-state index in [1.54, 1.807) is 24.3 Å². The highest BCUT2D eigenvalue weighted by Gasteiger charge is 2.18. The van der Waals surface area contributed by atoms with Gasteiger partial charge in [0.05, 0.1) is 6.54 Å². The summed E-state index contributed by atoms with van der Waals surface area (Å²) in [6.45, 7) is 2.04. The number of hydrogen-bond acceptors (Lipinski definition) is 3. The third-order valence-electron chi connectivity index (χ3n) is 4.48. The van der Waals surface area contributed by atoms with Crippen molar-refractivity contribution in [1.29, 1.82) is 0 Å². The van der Waals surface area contributed by atoms with Crippen molar-refractivity contribution in [2.24, 2.45) is 0 Å². The van der Waals surface area contributed by atoms with E-state index in [0.29, 0.717) is 37.4 Å². The van der Waals surface area contributed by atoms with Gasteiger partial charge in [-0.2, -0.15) is 0 Å². The second kappa shape index (κ2) is 9.16. The van der Waals surface area contributed by atoms with E-state index in [9.17, 15) is 14.0 Å². The minimum Gasteiger partial charge on any atom is -0.492 e. The lowest BCUT2D eigenvalue weighted by molar-refractivity contribution is -0.133. The van der Waals surface area contributed by atoms with Crippen LogP contribution in [0.2, 0.25) is 0 Å². The van der Waals surface area contributed by atoms with E-state index in [1.807, 2.05) is 17.0 Å². The molecular formula is C21H23FN2O3. The van der Waals surface area contributed by atoms with Crippen LogP contribution in [-0.4, -0.2) is 36.4 Å². The third kappa shape index (κ3) is 5.54. The molecule has 0 bridgehead atoms. The third-order valence-corrected chi connectivity index (χ3v) is 4.48. The fourth-order valence-corrected chi connectivity index (χ4v) is 2.98. The van der Waals surface area contributed by atoms with Crippen molar-refractivity contribution in [3.63, 3.8) is 0 Å². The number of carbonyl (C=O) groups excluding carboxylic acids is 2. The van der Waals surface area contributed by atoms with Crippen LogP contribution < -0.4 is 10.1 Å². The van der Waals surface area contributed by atoms with E-state index in [1.165, 1.54) is 12.1 Å². The summed E-state index contributed by atoms with van der Waals surface area (Å²) in [6, 6.07) is 13.0. The number of nitrogens with zero attached hydrogens (tertiary/aromatic N) is 1. The van der Waals surface area contributed by atoms with Crippen LogP contribution in [0, 0.1) is 5.82 Å². The molecule has 2 aromatic carbocycles. The number of ether oxygens (including phenoxy) is 1. The normalized spacial score (nSPS) is 14.1. The van der Waals surface area contributed by atoms with Gasteiger partial charge in [-0.15, -0.1) is 0 Å². The summed E-state index contributed by atoms with van der Waals surface area (Å²) in [5.74, 6) is 0.258. The minimum absolute atomic E-state index is 0.182. The molecule has 1 aliphatic rings. The molecule has 1 heterocycles. The largest absolute Gasteiger partial charge is 0.492 e. The molecule has 5 nitrogen and oxygen atoms in total. The Kier molecular flexibility index (Phi) is 6.41. The van der Waals surface area contributed by atoms with Crippen molar-refractivity contribution in [2.45, 2.75) is 25.8 Å². The number of nitrogens with one attached hydrogen (secondary N) is 1. The maximum atomic E-state index is 12.8. The standard InChI is InChI=1S/C21H23FN2O3/c22-18-8-10-19(11-9-18)27-14-12-23-21(26)17-6-4-16(5-7-17)15-24-13-2-1-3-20(24)25/h4-11H,1-3,12-15H2,(H,23,26). The van der Waals surface area contributed by atoms with Crippen LogP contribution in [0.15, 0.2) is 48.5 Å². The number of benzene rings is 2. The molecule has 0 aliphatic carbocycles. The Balaban J connectivity index is 1.43. The quantitative estimate of drug-likeness (QED) is 0.762. The van der Waals surface area contributed by atoms with Crippen LogP contribution in [0.4, 0.5) is 4.39 Å². The fraction of sp³-hybridized carbons (Fsp3) is 0.333. The van der Waals surface area contributed by atoms with Crippen molar-refractivity contribution < 1.29 is 18.7 Å². The van der Waals surface area contributed by atoms with Crippen LogP contribution in [-0.2, 0) is 11.3 Å². The van der Waals surface area contributed by atoms with Gasteiger partial charge < -0.3 is 15.0 Å². The molecule has 0 radical (unpaired) electrons. The summed E-state index contributed by atoms with van der Waals surface area (Å²) >= 11 is 0. The molecule has 27 heavy (non-hydrogen) atoms. The highest BCUT2D eigenvalue weighted by Crippen LogP contribution is 2.15. The van der Waals surface area contributed by atoms with E-state index >= 15 is 0 Å². The van der Waals surface area contributed by atoms with Crippen molar-refractivity contribution in [1.82, 2.24) is 10.2 Å². The second-order valence-corrected chi connectivity index (χ2v) is 6.53. The Bertz CT molecular complexity index is 775. The zero-order valence-corrected chi connectivity index (χ0v) is 15.1. The maximum absolute atomic E-state index is 12.8. The van der Waals surface area contributed by atoms with E-state index in [2.05, 4.69) is 5.32 Å². The number of halogens is 1. The summed E-state index contributed by atoms with van der Waals surface area (Å²) in [5, 5.41) is 2.79. The first kappa shape index (κ1) is 18.9. The van der Waals surface area contributed by atoms with Gasteiger partial charge in [0.15, 0.2) is 0 Å². The number of piperidine rings is 1. The minimum atomic E-state index is -0.316. The van der Waals surface area contributed by atoms with Crippen molar-refractivity contribution in [3.8, 4) is 5.75 Å². The first-order chi connectivity index (χ1) is 13.1. The van der Waals surface area contributed by atoms with Crippen LogP contribution in [0.5, 0.6) is 5.75 Å². The molecule has 1 N–H and O–H groups in total. The van der Waals surface area contributed by atoms with E-state index < -0.39 is 0 Å². The number of likely N-dealkylation sites (tertiary alicyclic amines) is 1. The van der Waals surface area contributed by atoms with E-state index in [0.717, 1.165) is 24.9 Å². The lowest BCUT2D eigenvalue weighted by Crippen LogP contribution is -2.34. The summed E-state index contributed by atoms with van der Waals surface area (Å²) in [4.78, 5) is 25.9. The summed E-state index contributed by atoms with van der Waals surface area (Å²) in [7, 11) is 0. The molecule has 1 aliphatic heterocycles. The topological polar surface area (TPSA) is 58.6 Å². The van der Waals surface area contributed by atoms with Gasteiger partial charge in [-0.05, 0) is 54.8 Å². The van der Waals surface area contributed by atoms with Gasteiger partial charge >= 0.3 is 0 Å². The zero-order chi connectivity index (χ0) is 19.1. The summed E-state index contributed by atoms with van der Waals surface area (Å²) < 4.78 is 18.3. The number of hydrogen-bond donors (Lipinski definition) is 1. The number of carbonyl (C=O) groups is 2. The molecule has 2 aromatic rings. The maximum Gasteiger partial charge on any atom is 0.251 e. The highest BCUT2D eigenvalue weighted by molar-refractivity contribution is 5.94. The Morgan fingerprint density at radius 3 is 2.52 bits per heavy atom. The Morgan fingerprint density at radius 2 is 1.81 bits per heavy atom. The average Bonchev–Trinajstić information content (AvgIpc) is 2.69. The van der Waals surface area contributed by atoms with Crippen LogP contribution in [0.1, 0.15) is 35.2 Å². The van der Waals surface area contributed by atoms with E-state index in [-0.39, 0.29) is 17.6 Å². The smallest absolute Gasteiger partial charge is 0.251 e. The molecular weight excluding hydrogens is 347 g/mol. The van der Waals surface area contributed by atoms with Crippen molar-refractivity contribution in [3.05, 3.63) is 65.5 Å². The average molecular weight is 370 g/mol. The lowest BCUT2D eigenvalue weighted by atomic mass is 10.1. The van der Waals surface area contributed by atoms with Gasteiger partial charge in [0.2, 0.25) is 5.91 Å². The van der Waals surface area contributed by atoms with Gasteiger partial charge in [0.1, 0.15) is 18.2 Å². The molecule has 6 heteroatoms. The predicted octanol–water partition coefficient (Wildman–Crippen LogP) is 3.15. The molecule has 0 aromatic heterocycles. The summed E-state index contributed by atoms with van der Waals surface area (Å²) in [5.41, 5.74) is 1.58. The first-order valence-electron chi connectivity index (χ1n) is 9.15. The van der Waals surface area contributed by atoms with Crippen LogP contribution in [0.3, 0.4) is 0 Å². The molecule has 0 atom stereocenters. The molecule has 0 spiro atoms. The monoisotopic (exact) mass is 370 g/mol. The first-order valence-corrected chi connectivity index (χ1v) is 9.15. The molecule has 0 saturated carbocycles. The van der Waals surface area contributed by atoms with Crippen LogP contribution >= 0.6 is 0 Å². The Hall–Kier alpha value is -2.89. The second-order valence-electron chi connectivity index (χ2n) is 6.53. The van der Waals surface area contributed by atoms with Crippen molar-refractivity contribution >= 4 is 11.8 Å². The molecule has 1 fully saturated rings. The van der Waals surface area contributed by atoms with Gasteiger partial charge in [-0.25, -0.2) is 4.39 Å². The number of amides is 2. The predicted molar refractivity (Wildman–Crippen MR) is 99.9 cm³/mol. The Morgan fingerprint density at radius 1 is 1.07 bits per heavy atom. The van der Waals surface area contributed by atoms with Crippen LogP contribution in [0.25, 0.3) is 0 Å². The van der Waals surface area contributed by atoms with Gasteiger partial charge in [0, 0.05) is 25.1 Å². The molecule has 1 saturated heterocycles. The lowest BCUT2D eigenvalue weighted by Gasteiger charge is -2.26. The summed E-state index contributed by atoms with van der Waals surface area (Å²) in [6.07, 6.45) is 2.64. The SMILES string of the molecule is O=C(NCCOc1ccc(F)cc1)c1ccc(CN2CCCCC2=O)cc1. The highest BCUT2D eigenvalue weighted by atomic mass is 19.1. The van der Waals surface area contributed by atoms with E-state index in [4.69, 9.17) is 4.74 Å². The van der Waals surface area contributed by atoms with Crippen molar-refractivity contribution in [2.75, 3.05) is 19.7 Å². The zero-order valence-electron chi connectivity index (χ0n) is 15.1. The fourth-order valence-electron chi connectivity index (χ4n) is 2.98. The van der Waals surface area contributed by atoms with Gasteiger partial charge in [-0.1, -0.05) is 12.1 Å².